The minimum atomic E-state index is 0.363. The van der Waals surface area contributed by atoms with Gasteiger partial charge in [-0.25, -0.2) is 4.98 Å². The number of nitrogens with two attached hydrogens (primary N) is 2. The van der Waals surface area contributed by atoms with Gasteiger partial charge in [0.1, 0.15) is 5.82 Å². The van der Waals surface area contributed by atoms with Gasteiger partial charge in [0, 0.05) is 17.5 Å². The van der Waals surface area contributed by atoms with Crippen molar-refractivity contribution >= 4 is 11.5 Å². The zero-order chi connectivity index (χ0) is 10.8. The van der Waals surface area contributed by atoms with E-state index >= 15 is 0 Å². The normalized spacial score (nSPS) is 10.2. The monoisotopic (exact) mass is 200 g/mol. The van der Waals surface area contributed by atoms with Crippen LogP contribution in [0.15, 0.2) is 30.5 Å². The standard InChI is InChI=1S/C11H12N4/c1-7-6-8(4-5-14-7)10-3-2-9(12)11(13)15-10/h2-6H,12H2,1H3,(H2,13,15). The van der Waals surface area contributed by atoms with E-state index in [0.29, 0.717) is 11.5 Å². The van der Waals surface area contributed by atoms with Crippen molar-refractivity contribution in [1.82, 2.24) is 9.97 Å². The van der Waals surface area contributed by atoms with Crippen molar-refractivity contribution in [3.05, 3.63) is 36.2 Å². The Hall–Kier alpha value is -2.10. The summed E-state index contributed by atoms with van der Waals surface area (Å²) in [5.41, 5.74) is 14.5. The second kappa shape index (κ2) is 3.57. The van der Waals surface area contributed by atoms with E-state index in [2.05, 4.69) is 9.97 Å². The summed E-state index contributed by atoms with van der Waals surface area (Å²) in [5.74, 6) is 0.363. The molecule has 0 saturated heterocycles. The molecule has 0 spiro atoms. The Bertz CT molecular complexity index is 494. The number of hydrogen-bond donors (Lipinski definition) is 2. The number of hydrogen-bond acceptors (Lipinski definition) is 4. The van der Waals surface area contributed by atoms with Crippen molar-refractivity contribution in [2.24, 2.45) is 0 Å². The molecular formula is C11H12N4. The third kappa shape index (κ3) is 1.88. The van der Waals surface area contributed by atoms with Crippen LogP contribution in [0.5, 0.6) is 0 Å². The van der Waals surface area contributed by atoms with Gasteiger partial charge in [0.05, 0.1) is 11.4 Å². The highest BCUT2D eigenvalue weighted by atomic mass is 14.9. The van der Waals surface area contributed by atoms with Crippen molar-refractivity contribution in [3.8, 4) is 11.3 Å². The molecule has 4 nitrogen and oxygen atoms in total. The van der Waals surface area contributed by atoms with E-state index in [0.717, 1.165) is 17.0 Å². The van der Waals surface area contributed by atoms with Crippen molar-refractivity contribution in [1.29, 1.82) is 0 Å². The summed E-state index contributed by atoms with van der Waals surface area (Å²) in [6.07, 6.45) is 1.75. The van der Waals surface area contributed by atoms with Crippen LogP contribution in [0.3, 0.4) is 0 Å². The summed E-state index contributed by atoms with van der Waals surface area (Å²) in [7, 11) is 0. The first kappa shape index (κ1) is 9.45. The number of pyridine rings is 2. The largest absolute Gasteiger partial charge is 0.396 e. The Kier molecular flexibility index (Phi) is 2.25. The Morgan fingerprint density at radius 3 is 2.60 bits per heavy atom. The molecule has 0 radical (unpaired) electrons. The fourth-order valence-electron chi connectivity index (χ4n) is 1.35. The fourth-order valence-corrected chi connectivity index (χ4v) is 1.35. The number of aryl methyl sites for hydroxylation is 1. The summed E-state index contributed by atoms with van der Waals surface area (Å²) >= 11 is 0. The van der Waals surface area contributed by atoms with Crippen molar-refractivity contribution in [3.63, 3.8) is 0 Å². The molecule has 4 heteroatoms. The van der Waals surface area contributed by atoms with Gasteiger partial charge in [0.2, 0.25) is 0 Å². The molecule has 15 heavy (non-hydrogen) atoms. The maximum absolute atomic E-state index is 5.64. The molecule has 0 aliphatic carbocycles. The third-order valence-corrected chi connectivity index (χ3v) is 2.15. The molecule has 4 N–H and O–H groups in total. The second-order valence-electron chi connectivity index (χ2n) is 3.36. The van der Waals surface area contributed by atoms with E-state index in [9.17, 15) is 0 Å². The summed E-state index contributed by atoms with van der Waals surface area (Å²) in [5, 5.41) is 0. The quantitative estimate of drug-likeness (QED) is 0.733. The van der Waals surface area contributed by atoms with Crippen molar-refractivity contribution in [2.45, 2.75) is 6.92 Å². The topological polar surface area (TPSA) is 77.8 Å². The van der Waals surface area contributed by atoms with Crippen LogP contribution in [0, 0.1) is 6.92 Å². The van der Waals surface area contributed by atoms with E-state index in [4.69, 9.17) is 11.5 Å². The molecule has 2 aromatic heterocycles. The number of nitrogen functional groups attached to an aromatic ring is 2. The molecule has 0 amide bonds. The lowest BCUT2D eigenvalue weighted by molar-refractivity contribution is 1.19. The zero-order valence-electron chi connectivity index (χ0n) is 8.44. The number of rotatable bonds is 1. The highest BCUT2D eigenvalue weighted by Gasteiger charge is 2.02. The van der Waals surface area contributed by atoms with Crippen LogP contribution in [0.25, 0.3) is 11.3 Å². The zero-order valence-corrected chi connectivity index (χ0v) is 8.44. The average molecular weight is 200 g/mol. The highest BCUT2D eigenvalue weighted by Crippen LogP contribution is 2.21. The van der Waals surface area contributed by atoms with Gasteiger partial charge in [-0.05, 0) is 31.2 Å². The lowest BCUT2D eigenvalue weighted by Crippen LogP contribution is -1.98. The van der Waals surface area contributed by atoms with E-state index in [1.165, 1.54) is 0 Å². The lowest BCUT2D eigenvalue weighted by Gasteiger charge is -2.04. The van der Waals surface area contributed by atoms with Crippen LogP contribution >= 0.6 is 0 Å². The minimum Gasteiger partial charge on any atom is -0.396 e. The maximum atomic E-state index is 5.64. The van der Waals surface area contributed by atoms with Crippen LogP contribution in [0.1, 0.15) is 5.69 Å². The molecule has 2 heterocycles. The first-order valence-electron chi connectivity index (χ1n) is 4.62. The summed E-state index contributed by atoms with van der Waals surface area (Å²) in [6.45, 7) is 1.93. The SMILES string of the molecule is Cc1cc(-c2ccc(N)c(N)n2)ccn1. The van der Waals surface area contributed by atoms with Crippen molar-refractivity contribution in [2.75, 3.05) is 11.5 Å². The molecule has 0 unspecified atom stereocenters. The highest BCUT2D eigenvalue weighted by molar-refractivity contribution is 5.67. The van der Waals surface area contributed by atoms with Gasteiger partial charge in [-0.15, -0.1) is 0 Å². The average Bonchev–Trinajstić information content (AvgIpc) is 2.22. The summed E-state index contributed by atoms with van der Waals surface area (Å²) in [6, 6.07) is 7.46. The maximum Gasteiger partial charge on any atom is 0.147 e. The van der Waals surface area contributed by atoms with Gasteiger partial charge in [0.25, 0.3) is 0 Å². The molecule has 0 fully saturated rings. The molecule has 76 valence electrons. The van der Waals surface area contributed by atoms with Gasteiger partial charge in [-0.1, -0.05) is 0 Å². The molecule has 2 rings (SSSR count). The summed E-state index contributed by atoms with van der Waals surface area (Å²) in [4.78, 5) is 8.33. The Morgan fingerprint density at radius 1 is 1.13 bits per heavy atom. The van der Waals surface area contributed by atoms with Crippen LogP contribution in [-0.4, -0.2) is 9.97 Å². The molecule has 0 aromatic carbocycles. The predicted octanol–water partition coefficient (Wildman–Crippen LogP) is 1.62. The van der Waals surface area contributed by atoms with Crippen LogP contribution < -0.4 is 11.5 Å². The van der Waals surface area contributed by atoms with E-state index in [1.54, 1.807) is 12.3 Å². The Morgan fingerprint density at radius 2 is 1.93 bits per heavy atom. The lowest BCUT2D eigenvalue weighted by atomic mass is 10.1. The minimum absolute atomic E-state index is 0.363. The van der Waals surface area contributed by atoms with Crippen LogP contribution in [0.2, 0.25) is 0 Å². The molecule has 2 aromatic rings. The molecular weight excluding hydrogens is 188 g/mol. The number of nitrogens with zero attached hydrogens (tertiary/aromatic N) is 2. The Balaban J connectivity index is 2.50. The molecule has 0 atom stereocenters. The van der Waals surface area contributed by atoms with Crippen LogP contribution in [-0.2, 0) is 0 Å². The molecule has 0 saturated carbocycles. The van der Waals surface area contributed by atoms with Crippen molar-refractivity contribution < 1.29 is 0 Å². The van der Waals surface area contributed by atoms with E-state index < -0.39 is 0 Å². The van der Waals surface area contributed by atoms with Gasteiger partial charge >= 0.3 is 0 Å². The molecule has 0 aliphatic heterocycles. The second-order valence-corrected chi connectivity index (χ2v) is 3.36. The van der Waals surface area contributed by atoms with Crippen LogP contribution in [0.4, 0.5) is 11.5 Å². The van der Waals surface area contributed by atoms with Gasteiger partial charge in [-0.2, -0.15) is 0 Å². The van der Waals surface area contributed by atoms with Gasteiger partial charge in [0.15, 0.2) is 0 Å². The van der Waals surface area contributed by atoms with Gasteiger partial charge < -0.3 is 11.5 Å². The first-order valence-corrected chi connectivity index (χ1v) is 4.62. The number of anilines is 2. The molecule has 0 aliphatic rings. The first-order chi connectivity index (χ1) is 7.16. The number of aromatic nitrogens is 2. The van der Waals surface area contributed by atoms with E-state index in [1.807, 2.05) is 25.1 Å². The smallest absolute Gasteiger partial charge is 0.147 e. The van der Waals surface area contributed by atoms with E-state index in [-0.39, 0.29) is 0 Å². The Labute approximate surface area is 88.0 Å². The predicted molar refractivity (Wildman–Crippen MR) is 61.0 cm³/mol. The third-order valence-electron chi connectivity index (χ3n) is 2.15. The molecule has 0 bridgehead atoms. The summed E-state index contributed by atoms with van der Waals surface area (Å²) < 4.78 is 0. The fraction of sp³-hybridized carbons (Fsp3) is 0.0909. The van der Waals surface area contributed by atoms with Gasteiger partial charge in [-0.3, -0.25) is 4.98 Å².